The summed E-state index contributed by atoms with van der Waals surface area (Å²) in [6.07, 6.45) is 6.93. The molecule has 2 N–H and O–H groups in total. The minimum atomic E-state index is -3.29. The molecule has 2 amide bonds. The average molecular weight is 365 g/mol. The van der Waals surface area contributed by atoms with Gasteiger partial charge in [-0.2, -0.15) is 0 Å². The van der Waals surface area contributed by atoms with Crippen molar-refractivity contribution in [2.75, 3.05) is 21.9 Å². The highest BCUT2D eigenvalue weighted by molar-refractivity contribution is 7.92. The molecule has 7 heteroatoms. The molecule has 0 unspecified atom stereocenters. The summed E-state index contributed by atoms with van der Waals surface area (Å²) in [5.41, 5.74) is 2.34. The summed E-state index contributed by atoms with van der Waals surface area (Å²) in [4.78, 5) is 12.2. The third-order valence-electron chi connectivity index (χ3n) is 4.93. The maximum atomic E-state index is 12.4. The number of hydrogen-bond acceptors (Lipinski definition) is 3. The first-order valence-corrected chi connectivity index (χ1v) is 10.8. The van der Waals surface area contributed by atoms with Crippen LogP contribution in [0.3, 0.4) is 0 Å². The van der Waals surface area contributed by atoms with Gasteiger partial charge in [0.1, 0.15) is 0 Å². The van der Waals surface area contributed by atoms with E-state index < -0.39 is 10.0 Å². The van der Waals surface area contributed by atoms with Gasteiger partial charge in [0.2, 0.25) is 10.0 Å². The maximum Gasteiger partial charge on any atom is 0.319 e. The first-order valence-electron chi connectivity index (χ1n) is 9.20. The fraction of sp³-hybridized carbons (Fsp3) is 0.611. The van der Waals surface area contributed by atoms with Crippen LogP contribution in [-0.4, -0.2) is 32.8 Å². The van der Waals surface area contributed by atoms with Gasteiger partial charge in [-0.25, -0.2) is 13.2 Å². The van der Waals surface area contributed by atoms with Crippen molar-refractivity contribution in [3.05, 3.63) is 23.8 Å². The summed E-state index contributed by atoms with van der Waals surface area (Å²) in [6.45, 7) is 2.34. The van der Waals surface area contributed by atoms with Crippen LogP contribution in [0.5, 0.6) is 0 Å². The second-order valence-electron chi connectivity index (χ2n) is 6.92. The van der Waals surface area contributed by atoms with E-state index in [1.54, 1.807) is 6.07 Å². The zero-order valence-corrected chi connectivity index (χ0v) is 15.6. The van der Waals surface area contributed by atoms with E-state index in [1.807, 2.05) is 19.1 Å². The van der Waals surface area contributed by atoms with Crippen molar-refractivity contribution >= 4 is 27.4 Å². The van der Waals surface area contributed by atoms with Crippen molar-refractivity contribution in [2.45, 2.75) is 57.9 Å². The van der Waals surface area contributed by atoms with Gasteiger partial charge in [-0.3, -0.25) is 4.31 Å². The van der Waals surface area contributed by atoms with Gasteiger partial charge in [0.25, 0.3) is 0 Å². The number of benzene rings is 1. The molecule has 0 spiro atoms. The van der Waals surface area contributed by atoms with Gasteiger partial charge >= 0.3 is 6.03 Å². The molecule has 3 rings (SSSR count). The largest absolute Gasteiger partial charge is 0.335 e. The van der Waals surface area contributed by atoms with Crippen LogP contribution in [0.4, 0.5) is 16.2 Å². The molecule has 6 nitrogen and oxygen atoms in total. The highest BCUT2D eigenvalue weighted by Gasteiger charge is 2.29. The standard InChI is InChI=1S/C18H27N3O3S/c1-2-12-25(23,24)21-11-10-14-8-9-16(13-17(14)21)20-18(22)19-15-6-4-3-5-7-15/h8-9,13,15H,2-7,10-12H2,1H3,(H2,19,20,22). The second-order valence-corrected chi connectivity index (χ2v) is 8.93. The number of amides is 2. The lowest BCUT2D eigenvalue weighted by Crippen LogP contribution is -2.39. The van der Waals surface area contributed by atoms with Crippen molar-refractivity contribution < 1.29 is 13.2 Å². The van der Waals surface area contributed by atoms with Crippen molar-refractivity contribution in [1.82, 2.24) is 5.32 Å². The predicted octanol–water partition coefficient (Wildman–Crippen LogP) is 3.24. The summed E-state index contributed by atoms with van der Waals surface area (Å²) in [5, 5.41) is 5.87. The molecule has 1 saturated carbocycles. The zero-order chi connectivity index (χ0) is 17.9. The van der Waals surface area contributed by atoms with Crippen LogP contribution in [0.1, 0.15) is 51.0 Å². The number of anilines is 2. The minimum Gasteiger partial charge on any atom is -0.335 e. The molecule has 2 aliphatic rings. The van der Waals surface area contributed by atoms with Crippen LogP contribution in [0, 0.1) is 0 Å². The number of rotatable bonds is 5. The van der Waals surface area contributed by atoms with Crippen molar-refractivity contribution in [2.24, 2.45) is 0 Å². The highest BCUT2D eigenvalue weighted by atomic mass is 32.2. The molecule has 25 heavy (non-hydrogen) atoms. The van der Waals surface area contributed by atoms with Crippen molar-refractivity contribution in [3.63, 3.8) is 0 Å². The average Bonchev–Trinajstić information content (AvgIpc) is 2.99. The summed E-state index contributed by atoms with van der Waals surface area (Å²) in [6, 6.07) is 5.55. The molecule has 1 fully saturated rings. The van der Waals surface area contributed by atoms with Crippen LogP contribution >= 0.6 is 0 Å². The lowest BCUT2D eigenvalue weighted by atomic mass is 9.96. The van der Waals surface area contributed by atoms with E-state index in [9.17, 15) is 13.2 Å². The molecule has 1 aromatic carbocycles. The SMILES string of the molecule is CCCS(=O)(=O)N1CCc2ccc(NC(=O)NC3CCCCC3)cc21. The van der Waals surface area contributed by atoms with Gasteiger partial charge in [-0.15, -0.1) is 0 Å². The molecular weight excluding hydrogens is 338 g/mol. The van der Waals surface area contributed by atoms with Gasteiger partial charge in [-0.05, 0) is 43.4 Å². The quantitative estimate of drug-likeness (QED) is 0.841. The number of carbonyl (C=O) groups excluding carboxylic acids is 1. The Bertz CT molecular complexity index is 727. The molecule has 0 bridgehead atoms. The first-order chi connectivity index (χ1) is 12.0. The molecule has 1 heterocycles. The Labute approximate surface area is 150 Å². The monoisotopic (exact) mass is 365 g/mol. The van der Waals surface area contributed by atoms with Gasteiger partial charge in [-0.1, -0.05) is 32.3 Å². The lowest BCUT2D eigenvalue weighted by molar-refractivity contribution is 0.244. The Morgan fingerprint density at radius 3 is 2.72 bits per heavy atom. The van der Waals surface area contributed by atoms with Crippen LogP contribution in [-0.2, 0) is 16.4 Å². The molecule has 138 valence electrons. The normalized spacial score (nSPS) is 18.0. The zero-order valence-electron chi connectivity index (χ0n) is 14.8. The smallest absolute Gasteiger partial charge is 0.319 e. The second kappa shape index (κ2) is 7.64. The first kappa shape index (κ1) is 18.0. The molecule has 0 radical (unpaired) electrons. The molecule has 0 atom stereocenters. The Balaban J connectivity index is 1.69. The highest BCUT2D eigenvalue weighted by Crippen LogP contribution is 2.33. The number of nitrogens with one attached hydrogen (secondary N) is 2. The maximum absolute atomic E-state index is 12.4. The summed E-state index contributed by atoms with van der Waals surface area (Å²) in [5.74, 6) is 0.145. The van der Waals surface area contributed by atoms with Gasteiger partial charge in [0, 0.05) is 18.3 Å². The van der Waals surface area contributed by atoms with Crippen molar-refractivity contribution in [1.29, 1.82) is 0 Å². The van der Waals surface area contributed by atoms with Crippen LogP contribution in [0.2, 0.25) is 0 Å². The van der Waals surface area contributed by atoms with E-state index >= 15 is 0 Å². The summed E-state index contributed by atoms with van der Waals surface area (Å²) >= 11 is 0. The number of hydrogen-bond donors (Lipinski definition) is 2. The fourth-order valence-electron chi connectivity index (χ4n) is 3.68. The molecule has 1 aliphatic carbocycles. The fourth-order valence-corrected chi connectivity index (χ4v) is 5.26. The third kappa shape index (κ3) is 4.26. The number of nitrogens with zero attached hydrogens (tertiary/aromatic N) is 1. The number of urea groups is 1. The predicted molar refractivity (Wildman–Crippen MR) is 101 cm³/mol. The molecule has 0 aromatic heterocycles. The van der Waals surface area contributed by atoms with E-state index in [2.05, 4.69) is 10.6 Å². The molecule has 1 aromatic rings. The number of carbonyl (C=O) groups is 1. The van der Waals surface area contributed by atoms with Gasteiger partial charge in [0.05, 0.1) is 11.4 Å². The van der Waals surface area contributed by atoms with Crippen molar-refractivity contribution in [3.8, 4) is 0 Å². The minimum absolute atomic E-state index is 0.145. The van der Waals surface area contributed by atoms with Gasteiger partial charge in [0.15, 0.2) is 0 Å². The number of fused-ring (bicyclic) bond motifs is 1. The molecule has 0 saturated heterocycles. The van der Waals surface area contributed by atoms with E-state index in [4.69, 9.17) is 0 Å². The van der Waals surface area contributed by atoms with E-state index in [0.29, 0.717) is 30.8 Å². The van der Waals surface area contributed by atoms with Crippen LogP contribution in [0.25, 0.3) is 0 Å². The Kier molecular flexibility index (Phi) is 5.51. The summed E-state index contributed by atoms with van der Waals surface area (Å²) in [7, 11) is -3.29. The Morgan fingerprint density at radius 1 is 1.24 bits per heavy atom. The van der Waals surface area contributed by atoms with Crippen LogP contribution in [0.15, 0.2) is 18.2 Å². The summed E-state index contributed by atoms with van der Waals surface area (Å²) < 4.78 is 26.3. The topological polar surface area (TPSA) is 78.5 Å². The van der Waals surface area contributed by atoms with E-state index in [-0.39, 0.29) is 17.8 Å². The molecular formula is C18H27N3O3S. The number of sulfonamides is 1. The lowest BCUT2D eigenvalue weighted by Gasteiger charge is -2.23. The van der Waals surface area contributed by atoms with Crippen LogP contribution < -0.4 is 14.9 Å². The van der Waals surface area contributed by atoms with Gasteiger partial charge < -0.3 is 10.6 Å². The van der Waals surface area contributed by atoms with E-state index in [1.165, 1.54) is 10.7 Å². The Hall–Kier alpha value is -1.76. The molecule has 1 aliphatic heterocycles. The third-order valence-corrected chi connectivity index (χ3v) is 6.91. The van der Waals surface area contributed by atoms with E-state index in [0.717, 1.165) is 31.2 Å². The Morgan fingerprint density at radius 2 is 2.00 bits per heavy atom.